The van der Waals surface area contributed by atoms with E-state index >= 15 is 0 Å². The number of aryl methyl sites for hydroxylation is 1. The Morgan fingerprint density at radius 3 is 2.67 bits per heavy atom. The number of methoxy groups -OCH3 is 1. The number of hydrogen-bond donors (Lipinski definition) is 1. The fourth-order valence-corrected chi connectivity index (χ4v) is 5.17. The van der Waals surface area contributed by atoms with Gasteiger partial charge in [0.2, 0.25) is 5.91 Å². The van der Waals surface area contributed by atoms with Crippen molar-refractivity contribution < 1.29 is 9.53 Å². The van der Waals surface area contributed by atoms with Gasteiger partial charge in [0.1, 0.15) is 12.1 Å². The van der Waals surface area contributed by atoms with Crippen LogP contribution in [0, 0.1) is 0 Å². The normalized spacial score (nSPS) is 18.9. The van der Waals surface area contributed by atoms with Gasteiger partial charge in [0, 0.05) is 55.6 Å². The minimum atomic E-state index is -0.150. The van der Waals surface area contributed by atoms with E-state index in [1.165, 1.54) is 11.3 Å². The molecule has 0 radical (unpaired) electrons. The van der Waals surface area contributed by atoms with Gasteiger partial charge in [0.25, 0.3) is 0 Å². The molecule has 1 aromatic carbocycles. The Kier molecular flexibility index (Phi) is 8.33. The van der Waals surface area contributed by atoms with Gasteiger partial charge in [0.15, 0.2) is 0 Å². The second kappa shape index (κ2) is 11.4. The van der Waals surface area contributed by atoms with Crippen LogP contribution in [0.15, 0.2) is 35.1 Å². The first-order valence-electron chi connectivity index (χ1n) is 11.9. The van der Waals surface area contributed by atoms with Gasteiger partial charge >= 0.3 is 0 Å². The summed E-state index contributed by atoms with van der Waals surface area (Å²) in [6.07, 6.45) is 4.65. The number of aromatic nitrogens is 2. The number of piperazine rings is 1. The SMILES string of the molecule is COCCNCC[C@@H](C(=O)N1CCN(c2ncnc3c2[C@H](C)CC3)CC1)c1ccc(Br)cc1. The Labute approximate surface area is 205 Å². The topological polar surface area (TPSA) is 70.6 Å². The van der Waals surface area contributed by atoms with Crippen LogP contribution in [-0.4, -0.2) is 73.8 Å². The van der Waals surface area contributed by atoms with Gasteiger partial charge in [-0.2, -0.15) is 0 Å². The fourth-order valence-electron chi connectivity index (χ4n) is 4.91. The molecule has 2 atom stereocenters. The predicted octanol–water partition coefficient (Wildman–Crippen LogP) is 3.35. The molecule has 1 saturated heterocycles. The van der Waals surface area contributed by atoms with Crippen LogP contribution in [0.1, 0.15) is 48.4 Å². The number of ether oxygens (including phenoxy) is 1. The van der Waals surface area contributed by atoms with E-state index in [4.69, 9.17) is 4.74 Å². The lowest BCUT2D eigenvalue weighted by Crippen LogP contribution is -2.50. The maximum Gasteiger partial charge on any atom is 0.230 e. The Morgan fingerprint density at radius 2 is 1.94 bits per heavy atom. The van der Waals surface area contributed by atoms with Crippen molar-refractivity contribution in [1.82, 2.24) is 20.2 Å². The average molecular weight is 516 g/mol. The first-order chi connectivity index (χ1) is 16.1. The summed E-state index contributed by atoms with van der Waals surface area (Å²) >= 11 is 3.51. The summed E-state index contributed by atoms with van der Waals surface area (Å²) < 4.78 is 6.14. The third-order valence-corrected chi connectivity index (χ3v) is 7.34. The van der Waals surface area contributed by atoms with Crippen LogP contribution >= 0.6 is 15.9 Å². The van der Waals surface area contributed by atoms with Crippen molar-refractivity contribution in [3.8, 4) is 0 Å². The zero-order valence-electron chi connectivity index (χ0n) is 19.6. The van der Waals surface area contributed by atoms with Gasteiger partial charge in [-0.05, 0) is 49.4 Å². The van der Waals surface area contributed by atoms with E-state index in [2.05, 4.69) is 55.2 Å². The standard InChI is InChI=1S/C25H34BrN5O2/c1-18-3-8-22-23(18)24(29-17-28-22)30-12-14-31(15-13-30)25(32)21(9-10-27-11-16-33-2)19-4-6-20(26)7-5-19/h4-7,17-18,21,27H,3,8-16H2,1-2H3/t18-,21-/m1/s1. The van der Waals surface area contributed by atoms with Gasteiger partial charge < -0.3 is 19.9 Å². The van der Waals surface area contributed by atoms with Crippen molar-refractivity contribution in [2.45, 2.75) is 38.0 Å². The monoisotopic (exact) mass is 515 g/mol. The molecule has 2 heterocycles. The smallest absolute Gasteiger partial charge is 0.230 e. The average Bonchev–Trinajstić information content (AvgIpc) is 3.23. The molecule has 0 spiro atoms. The van der Waals surface area contributed by atoms with Crippen molar-refractivity contribution in [2.75, 3.05) is 57.9 Å². The molecule has 178 valence electrons. The summed E-state index contributed by atoms with van der Waals surface area (Å²) in [4.78, 5) is 27.1. The quantitative estimate of drug-likeness (QED) is 0.516. The number of carbonyl (C=O) groups excluding carboxylic acids is 1. The molecule has 8 heteroatoms. The van der Waals surface area contributed by atoms with E-state index < -0.39 is 0 Å². The molecule has 1 N–H and O–H groups in total. The third-order valence-electron chi connectivity index (χ3n) is 6.81. The zero-order valence-corrected chi connectivity index (χ0v) is 21.2. The molecule has 33 heavy (non-hydrogen) atoms. The van der Waals surface area contributed by atoms with E-state index in [0.29, 0.717) is 12.5 Å². The highest BCUT2D eigenvalue weighted by atomic mass is 79.9. The first-order valence-corrected chi connectivity index (χ1v) is 12.7. The Bertz CT molecular complexity index is 931. The highest BCUT2D eigenvalue weighted by Crippen LogP contribution is 2.37. The maximum absolute atomic E-state index is 13.6. The predicted molar refractivity (Wildman–Crippen MR) is 134 cm³/mol. The fraction of sp³-hybridized carbons (Fsp3) is 0.560. The number of hydrogen-bond acceptors (Lipinski definition) is 6. The van der Waals surface area contributed by atoms with Gasteiger partial charge in [-0.1, -0.05) is 35.0 Å². The van der Waals surface area contributed by atoms with Gasteiger partial charge in [-0.3, -0.25) is 4.79 Å². The molecule has 1 aliphatic carbocycles. The number of nitrogens with one attached hydrogen (secondary N) is 1. The second-order valence-corrected chi connectivity index (χ2v) is 9.86. The number of amides is 1. The van der Waals surface area contributed by atoms with Crippen LogP contribution < -0.4 is 10.2 Å². The summed E-state index contributed by atoms with van der Waals surface area (Å²) in [5, 5.41) is 3.38. The molecule has 1 amide bonds. The molecule has 7 nitrogen and oxygen atoms in total. The minimum absolute atomic E-state index is 0.150. The van der Waals surface area contributed by atoms with Gasteiger partial charge in [-0.15, -0.1) is 0 Å². The summed E-state index contributed by atoms with van der Waals surface area (Å²) in [5.41, 5.74) is 3.58. The van der Waals surface area contributed by atoms with Gasteiger partial charge in [0.05, 0.1) is 12.5 Å². The van der Waals surface area contributed by atoms with E-state index in [1.807, 2.05) is 17.0 Å². The number of halogens is 1. The number of nitrogens with zero attached hydrogens (tertiary/aromatic N) is 4. The second-order valence-electron chi connectivity index (χ2n) is 8.95. The van der Waals surface area contributed by atoms with Crippen LogP contribution in [0.2, 0.25) is 0 Å². The zero-order chi connectivity index (χ0) is 23.2. The number of benzene rings is 1. The molecule has 0 bridgehead atoms. The van der Waals surface area contributed by atoms with Crippen molar-refractivity contribution in [3.05, 3.63) is 51.9 Å². The van der Waals surface area contributed by atoms with Crippen molar-refractivity contribution in [3.63, 3.8) is 0 Å². The van der Waals surface area contributed by atoms with Crippen molar-refractivity contribution in [2.24, 2.45) is 0 Å². The molecule has 0 saturated carbocycles. The van der Waals surface area contributed by atoms with Crippen molar-refractivity contribution >= 4 is 27.7 Å². The molecule has 0 unspecified atom stereocenters. The molecule has 2 aliphatic rings. The lowest BCUT2D eigenvalue weighted by atomic mass is 9.93. The Hall–Kier alpha value is -2.03. The highest BCUT2D eigenvalue weighted by Gasteiger charge is 2.31. The minimum Gasteiger partial charge on any atom is -0.383 e. The first kappa shape index (κ1) is 24.1. The highest BCUT2D eigenvalue weighted by molar-refractivity contribution is 9.10. The van der Waals surface area contributed by atoms with Gasteiger partial charge in [-0.25, -0.2) is 9.97 Å². The summed E-state index contributed by atoms with van der Waals surface area (Å²) in [6, 6.07) is 8.15. The lowest BCUT2D eigenvalue weighted by molar-refractivity contribution is -0.133. The lowest BCUT2D eigenvalue weighted by Gasteiger charge is -2.38. The number of carbonyl (C=O) groups is 1. The molecular weight excluding hydrogens is 482 g/mol. The summed E-state index contributed by atoms with van der Waals surface area (Å²) in [7, 11) is 1.70. The van der Waals surface area contributed by atoms with Crippen LogP contribution in [0.5, 0.6) is 0 Å². The molecule has 1 aliphatic heterocycles. The van der Waals surface area contributed by atoms with Crippen LogP contribution in [0.4, 0.5) is 5.82 Å². The molecule has 1 aromatic heterocycles. The van der Waals surface area contributed by atoms with Crippen molar-refractivity contribution in [1.29, 1.82) is 0 Å². The van der Waals surface area contributed by atoms with Crippen LogP contribution in [0.25, 0.3) is 0 Å². The number of fused-ring (bicyclic) bond motifs is 1. The van der Waals surface area contributed by atoms with E-state index in [1.54, 1.807) is 13.4 Å². The van der Waals surface area contributed by atoms with Crippen LogP contribution in [0.3, 0.4) is 0 Å². The van der Waals surface area contributed by atoms with E-state index in [0.717, 1.165) is 74.4 Å². The molecular formula is C25H34BrN5O2. The maximum atomic E-state index is 13.6. The Balaban J connectivity index is 1.41. The number of anilines is 1. The van der Waals surface area contributed by atoms with Crippen LogP contribution in [-0.2, 0) is 16.0 Å². The summed E-state index contributed by atoms with van der Waals surface area (Å²) in [6.45, 7) is 7.55. The molecule has 1 fully saturated rings. The largest absolute Gasteiger partial charge is 0.383 e. The molecule has 4 rings (SSSR count). The summed E-state index contributed by atoms with van der Waals surface area (Å²) in [5.74, 6) is 1.64. The Morgan fingerprint density at radius 1 is 1.18 bits per heavy atom. The number of rotatable bonds is 9. The third kappa shape index (κ3) is 5.73. The van der Waals surface area contributed by atoms with E-state index in [9.17, 15) is 4.79 Å². The molecule has 2 aromatic rings. The van der Waals surface area contributed by atoms with E-state index in [-0.39, 0.29) is 11.8 Å².